The Morgan fingerprint density at radius 3 is 2.41 bits per heavy atom. The number of alkyl carbamates (subject to hydrolysis) is 1. The van der Waals surface area contributed by atoms with Crippen molar-refractivity contribution in [1.82, 2.24) is 10.6 Å². The fourth-order valence-electron chi connectivity index (χ4n) is 2.33. The van der Waals surface area contributed by atoms with E-state index in [0.29, 0.717) is 12.0 Å². The first kappa shape index (κ1) is 20.7. The quantitative estimate of drug-likeness (QED) is 0.537. The van der Waals surface area contributed by atoms with Crippen LogP contribution in [0.25, 0.3) is 0 Å². The van der Waals surface area contributed by atoms with Gasteiger partial charge in [0.25, 0.3) is 5.91 Å². The smallest absolute Gasteiger partial charge is 0.407 e. The number of esters is 1. The molecule has 0 bridgehead atoms. The molecule has 1 atom stereocenters. The lowest BCUT2D eigenvalue weighted by Gasteiger charge is -2.20. The Bertz CT molecular complexity index is 650. The molecule has 0 aromatic heterocycles. The molecule has 0 unspecified atom stereocenters. The molecule has 1 saturated carbocycles. The van der Waals surface area contributed by atoms with E-state index in [9.17, 15) is 14.4 Å². The normalized spacial score (nSPS) is 14.8. The van der Waals surface area contributed by atoms with Gasteiger partial charge in [-0.25, -0.2) is 4.79 Å². The van der Waals surface area contributed by atoms with Gasteiger partial charge in [-0.2, -0.15) is 0 Å². The van der Waals surface area contributed by atoms with Gasteiger partial charge in [0.05, 0.1) is 0 Å². The second kappa shape index (κ2) is 9.39. The highest BCUT2D eigenvalue weighted by Crippen LogP contribution is 2.23. The van der Waals surface area contributed by atoms with Crippen molar-refractivity contribution < 1.29 is 23.9 Å². The number of ether oxygens (including phenoxy) is 2. The van der Waals surface area contributed by atoms with Crippen molar-refractivity contribution in [1.29, 1.82) is 0 Å². The van der Waals surface area contributed by atoms with Gasteiger partial charge in [-0.15, -0.1) is 0 Å². The van der Waals surface area contributed by atoms with Crippen molar-refractivity contribution in [2.45, 2.75) is 64.2 Å². The van der Waals surface area contributed by atoms with E-state index >= 15 is 0 Å². The average Bonchev–Trinajstić information content (AvgIpc) is 3.39. The molecule has 148 valence electrons. The Morgan fingerprint density at radius 2 is 1.81 bits per heavy atom. The molecule has 0 saturated heterocycles. The Labute approximate surface area is 159 Å². The molecule has 0 radical (unpaired) electrons. The summed E-state index contributed by atoms with van der Waals surface area (Å²) < 4.78 is 10.5. The van der Waals surface area contributed by atoms with Gasteiger partial charge in [0, 0.05) is 24.6 Å². The number of benzene rings is 1. The standard InChI is InChI=1S/C20H28N2O5/c1-20(2,3)27-19(25)21-13-7-10-16(23)26-17(14-8-5-4-6-9-14)18(24)22-15-11-12-15/h4-6,8-9,15,17H,7,10-13H2,1-3H3,(H,21,25)(H,22,24)/t17-/m0/s1. The van der Waals surface area contributed by atoms with Crippen LogP contribution in [0.2, 0.25) is 0 Å². The maximum absolute atomic E-state index is 12.4. The third-order valence-corrected chi connectivity index (χ3v) is 3.74. The summed E-state index contributed by atoms with van der Waals surface area (Å²) in [5.41, 5.74) is 0.0665. The van der Waals surface area contributed by atoms with Gasteiger partial charge < -0.3 is 20.1 Å². The molecule has 2 N–H and O–H groups in total. The maximum Gasteiger partial charge on any atom is 0.407 e. The summed E-state index contributed by atoms with van der Waals surface area (Å²) in [6, 6.07) is 9.13. The van der Waals surface area contributed by atoms with E-state index in [4.69, 9.17) is 9.47 Å². The lowest BCUT2D eigenvalue weighted by Crippen LogP contribution is -2.34. The topological polar surface area (TPSA) is 93.7 Å². The molecule has 2 amide bonds. The first-order valence-electron chi connectivity index (χ1n) is 9.26. The van der Waals surface area contributed by atoms with E-state index in [1.54, 1.807) is 45.0 Å². The molecule has 0 spiro atoms. The van der Waals surface area contributed by atoms with Crippen LogP contribution in [0.4, 0.5) is 4.79 Å². The largest absolute Gasteiger partial charge is 0.447 e. The van der Waals surface area contributed by atoms with Crippen LogP contribution < -0.4 is 10.6 Å². The number of rotatable bonds is 8. The molecule has 2 rings (SSSR count). The minimum absolute atomic E-state index is 0.0931. The van der Waals surface area contributed by atoms with Crippen LogP contribution in [-0.2, 0) is 19.1 Å². The third kappa shape index (κ3) is 8.11. The van der Waals surface area contributed by atoms with E-state index in [1.165, 1.54) is 0 Å². The van der Waals surface area contributed by atoms with Crippen LogP contribution in [0.15, 0.2) is 30.3 Å². The summed E-state index contributed by atoms with van der Waals surface area (Å²) in [7, 11) is 0. The van der Waals surface area contributed by atoms with Crippen LogP contribution in [-0.4, -0.2) is 36.2 Å². The summed E-state index contributed by atoms with van der Waals surface area (Å²) in [5, 5.41) is 5.46. The van der Waals surface area contributed by atoms with Gasteiger partial charge in [0.15, 0.2) is 0 Å². The van der Waals surface area contributed by atoms with Crippen LogP contribution in [0.1, 0.15) is 58.1 Å². The monoisotopic (exact) mass is 376 g/mol. The van der Waals surface area contributed by atoms with Crippen molar-refractivity contribution in [3.63, 3.8) is 0 Å². The van der Waals surface area contributed by atoms with Crippen LogP contribution in [0.5, 0.6) is 0 Å². The molecule has 1 aromatic rings. The third-order valence-electron chi connectivity index (χ3n) is 3.74. The highest BCUT2D eigenvalue weighted by Gasteiger charge is 2.30. The minimum Gasteiger partial charge on any atom is -0.447 e. The summed E-state index contributed by atoms with van der Waals surface area (Å²) in [5.74, 6) is -0.787. The zero-order chi connectivity index (χ0) is 19.9. The van der Waals surface area contributed by atoms with Crippen LogP contribution in [0, 0.1) is 0 Å². The van der Waals surface area contributed by atoms with Gasteiger partial charge in [-0.3, -0.25) is 9.59 Å². The van der Waals surface area contributed by atoms with Gasteiger partial charge in [0.2, 0.25) is 6.10 Å². The Kier molecular flexibility index (Phi) is 7.21. The van der Waals surface area contributed by atoms with Crippen molar-refractivity contribution >= 4 is 18.0 Å². The highest BCUT2D eigenvalue weighted by molar-refractivity contribution is 5.85. The molecule has 1 aromatic carbocycles. The zero-order valence-corrected chi connectivity index (χ0v) is 16.1. The average molecular weight is 376 g/mol. The van der Waals surface area contributed by atoms with E-state index in [1.807, 2.05) is 6.07 Å². The van der Waals surface area contributed by atoms with Crippen molar-refractivity contribution in [3.8, 4) is 0 Å². The summed E-state index contributed by atoms with van der Waals surface area (Å²) in [6.45, 7) is 5.62. The molecule has 1 aliphatic rings. The second-order valence-corrected chi connectivity index (χ2v) is 7.60. The van der Waals surface area contributed by atoms with Gasteiger partial charge in [0.1, 0.15) is 5.60 Å². The summed E-state index contributed by atoms with van der Waals surface area (Å²) >= 11 is 0. The molecular weight excluding hydrogens is 348 g/mol. The summed E-state index contributed by atoms with van der Waals surface area (Å²) in [6.07, 6.45) is 0.911. The number of carbonyl (C=O) groups excluding carboxylic acids is 3. The lowest BCUT2D eigenvalue weighted by atomic mass is 10.1. The van der Waals surface area contributed by atoms with Crippen molar-refractivity contribution in [3.05, 3.63) is 35.9 Å². The van der Waals surface area contributed by atoms with E-state index in [0.717, 1.165) is 12.8 Å². The summed E-state index contributed by atoms with van der Waals surface area (Å²) in [4.78, 5) is 36.1. The molecule has 7 heteroatoms. The molecule has 27 heavy (non-hydrogen) atoms. The van der Waals surface area contributed by atoms with Crippen LogP contribution in [0.3, 0.4) is 0 Å². The number of hydrogen-bond donors (Lipinski definition) is 2. The van der Waals surface area contributed by atoms with Gasteiger partial charge >= 0.3 is 12.1 Å². The molecule has 7 nitrogen and oxygen atoms in total. The molecule has 1 aliphatic carbocycles. The maximum atomic E-state index is 12.4. The highest BCUT2D eigenvalue weighted by atomic mass is 16.6. The van der Waals surface area contributed by atoms with E-state index in [2.05, 4.69) is 10.6 Å². The Morgan fingerprint density at radius 1 is 1.15 bits per heavy atom. The number of amides is 2. The van der Waals surface area contributed by atoms with E-state index < -0.39 is 23.8 Å². The SMILES string of the molecule is CC(C)(C)OC(=O)NCCCC(=O)O[C@H](C(=O)NC1CC1)c1ccccc1. The number of carbonyl (C=O) groups is 3. The number of hydrogen-bond acceptors (Lipinski definition) is 5. The predicted octanol–water partition coefficient (Wildman–Crippen LogP) is 2.85. The fraction of sp³-hybridized carbons (Fsp3) is 0.550. The van der Waals surface area contributed by atoms with Gasteiger partial charge in [-0.05, 0) is 40.0 Å². The van der Waals surface area contributed by atoms with Crippen molar-refractivity contribution in [2.75, 3.05) is 6.54 Å². The first-order chi connectivity index (χ1) is 12.7. The minimum atomic E-state index is -0.960. The molecule has 0 aliphatic heterocycles. The van der Waals surface area contributed by atoms with Crippen molar-refractivity contribution in [2.24, 2.45) is 0 Å². The molecule has 1 fully saturated rings. The Balaban J connectivity index is 1.79. The lowest BCUT2D eigenvalue weighted by molar-refractivity contribution is -0.156. The van der Waals surface area contributed by atoms with E-state index in [-0.39, 0.29) is 24.9 Å². The zero-order valence-electron chi connectivity index (χ0n) is 16.1. The number of nitrogens with one attached hydrogen (secondary N) is 2. The van der Waals surface area contributed by atoms with Gasteiger partial charge in [-0.1, -0.05) is 30.3 Å². The van der Waals surface area contributed by atoms with Crippen LogP contribution >= 0.6 is 0 Å². The fourth-order valence-corrected chi connectivity index (χ4v) is 2.33. The first-order valence-corrected chi connectivity index (χ1v) is 9.26. The molecule has 0 heterocycles. The predicted molar refractivity (Wildman–Crippen MR) is 99.9 cm³/mol. The second-order valence-electron chi connectivity index (χ2n) is 7.60. The molecular formula is C20H28N2O5. The Hall–Kier alpha value is -2.57.